The fourth-order valence-electron chi connectivity index (χ4n) is 2.09. The van der Waals surface area contributed by atoms with Gasteiger partial charge in [-0.15, -0.1) is 0 Å². The number of nitrogen functional groups attached to an aromatic ring is 1. The molecule has 0 spiro atoms. The minimum atomic E-state index is 0.0244. The standard InChI is InChI=1S/C16H21N3O2/c1-11(2)19(10-15-7-4-12(3)21-15)16(20)8-14-6-5-13(17)9-18-14/h4-7,9,11H,8,10,17H2,1-3H3. The Morgan fingerprint density at radius 1 is 1.33 bits per heavy atom. The van der Waals surface area contributed by atoms with Crippen molar-refractivity contribution in [2.45, 2.75) is 39.8 Å². The monoisotopic (exact) mass is 287 g/mol. The van der Waals surface area contributed by atoms with E-state index in [9.17, 15) is 4.79 Å². The molecule has 0 radical (unpaired) electrons. The number of furan rings is 1. The molecule has 0 unspecified atom stereocenters. The second kappa shape index (κ2) is 6.43. The number of hydrogen-bond acceptors (Lipinski definition) is 4. The zero-order chi connectivity index (χ0) is 15.4. The Labute approximate surface area is 124 Å². The molecule has 2 aromatic heterocycles. The lowest BCUT2D eigenvalue weighted by molar-refractivity contribution is -0.133. The van der Waals surface area contributed by atoms with Crippen LogP contribution in [0.25, 0.3) is 0 Å². The molecule has 112 valence electrons. The van der Waals surface area contributed by atoms with Crippen molar-refractivity contribution in [2.75, 3.05) is 5.73 Å². The van der Waals surface area contributed by atoms with Gasteiger partial charge in [0.2, 0.25) is 5.91 Å². The van der Waals surface area contributed by atoms with E-state index in [4.69, 9.17) is 10.2 Å². The Kier molecular flexibility index (Phi) is 4.62. The van der Waals surface area contributed by atoms with E-state index in [2.05, 4.69) is 4.98 Å². The number of carbonyl (C=O) groups is 1. The molecule has 21 heavy (non-hydrogen) atoms. The molecule has 1 amide bonds. The van der Waals surface area contributed by atoms with Crippen LogP contribution in [-0.2, 0) is 17.8 Å². The van der Waals surface area contributed by atoms with E-state index in [1.807, 2.05) is 32.9 Å². The average molecular weight is 287 g/mol. The molecule has 2 rings (SSSR count). The maximum absolute atomic E-state index is 12.5. The van der Waals surface area contributed by atoms with Crippen molar-refractivity contribution in [1.82, 2.24) is 9.88 Å². The number of carbonyl (C=O) groups excluding carboxylic acids is 1. The summed E-state index contributed by atoms with van der Waals surface area (Å²) in [6.45, 7) is 6.34. The Bertz CT molecular complexity index is 602. The summed E-state index contributed by atoms with van der Waals surface area (Å²) in [4.78, 5) is 18.4. The normalized spacial score (nSPS) is 10.9. The second-order valence-electron chi connectivity index (χ2n) is 5.39. The summed E-state index contributed by atoms with van der Waals surface area (Å²) in [5.74, 6) is 1.66. The molecule has 0 saturated carbocycles. The molecule has 0 aliphatic carbocycles. The van der Waals surface area contributed by atoms with Crippen LogP contribution in [0.5, 0.6) is 0 Å². The van der Waals surface area contributed by atoms with Crippen molar-refractivity contribution in [1.29, 1.82) is 0 Å². The Morgan fingerprint density at radius 3 is 2.62 bits per heavy atom. The van der Waals surface area contributed by atoms with Gasteiger partial charge in [0.1, 0.15) is 11.5 Å². The number of aryl methyl sites for hydroxylation is 1. The number of hydrogen-bond donors (Lipinski definition) is 1. The van der Waals surface area contributed by atoms with Crippen molar-refractivity contribution in [3.05, 3.63) is 47.7 Å². The predicted molar refractivity (Wildman–Crippen MR) is 81.5 cm³/mol. The van der Waals surface area contributed by atoms with Crippen LogP contribution in [0.3, 0.4) is 0 Å². The fourth-order valence-corrected chi connectivity index (χ4v) is 2.09. The molecule has 0 aromatic carbocycles. The van der Waals surface area contributed by atoms with E-state index in [1.165, 1.54) is 0 Å². The summed E-state index contributed by atoms with van der Waals surface area (Å²) < 4.78 is 5.55. The molecule has 5 heteroatoms. The van der Waals surface area contributed by atoms with Crippen molar-refractivity contribution >= 4 is 11.6 Å². The zero-order valence-corrected chi connectivity index (χ0v) is 12.7. The molecule has 0 aliphatic heterocycles. The SMILES string of the molecule is Cc1ccc(CN(C(=O)Cc2ccc(N)cn2)C(C)C)o1. The predicted octanol–water partition coefficient (Wildman–Crippen LogP) is 2.54. The highest BCUT2D eigenvalue weighted by Crippen LogP contribution is 2.13. The van der Waals surface area contributed by atoms with Crippen LogP contribution in [0, 0.1) is 6.92 Å². The number of nitrogens with zero attached hydrogens (tertiary/aromatic N) is 2. The van der Waals surface area contributed by atoms with Crippen molar-refractivity contribution in [3.8, 4) is 0 Å². The van der Waals surface area contributed by atoms with Gasteiger partial charge in [0, 0.05) is 11.7 Å². The Balaban J connectivity index is 2.06. The lowest BCUT2D eigenvalue weighted by atomic mass is 10.2. The topological polar surface area (TPSA) is 72.4 Å². The van der Waals surface area contributed by atoms with E-state index in [1.54, 1.807) is 23.2 Å². The highest BCUT2D eigenvalue weighted by atomic mass is 16.3. The third-order valence-corrected chi connectivity index (χ3v) is 3.25. The largest absolute Gasteiger partial charge is 0.464 e. The number of aromatic nitrogens is 1. The van der Waals surface area contributed by atoms with Gasteiger partial charge < -0.3 is 15.1 Å². The minimum Gasteiger partial charge on any atom is -0.464 e. The maximum atomic E-state index is 12.5. The van der Waals surface area contributed by atoms with Crippen molar-refractivity contribution in [3.63, 3.8) is 0 Å². The number of anilines is 1. The van der Waals surface area contributed by atoms with Gasteiger partial charge in [-0.1, -0.05) is 0 Å². The van der Waals surface area contributed by atoms with Gasteiger partial charge in [0.25, 0.3) is 0 Å². The third-order valence-electron chi connectivity index (χ3n) is 3.25. The molecule has 0 aliphatic rings. The lowest BCUT2D eigenvalue weighted by Gasteiger charge is -2.25. The van der Waals surface area contributed by atoms with Crippen LogP contribution < -0.4 is 5.73 Å². The molecule has 0 bridgehead atoms. The van der Waals surface area contributed by atoms with E-state index in [0.29, 0.717) is 12.2 Å². The lowest BCUT2D eigenvalue weighted by Crippen LogP contribution is -2.37. The molecule has 0 saturated heterocycles. The first-order valence-electron chi connectivity index (χ1n) is 7.01. The molecular weight excluding hydrogens is 266 g/mol. The van der Waals surface area contributed by atoms with E-state index < -0.39 is 0 Å². The van der Waals surface area contributed by atoms with Crippen molar-refractivity contribution < 1.29 is 9.21 Å². The fraction of sp³-hybridized carbons (Fsp3) is 0.375. The zero-order valence-electron chi connectivity index (χ0n) is 12.7. The number of nitrogens with two attached hydrogens (primary N) is 1. The number of rotatable bonds is 5. The number of pyridine rings is 1. The highest BCUT2D eigenvalue weighted by Gasteiger charge is 2.19. The summed E-state index contributed by atoms with van der Waals surface area (Å²) in [6, 6.07) is 7.43. The van der Waals surface area contributed by atoms with Gasteiger partial charge >= 0.3 is 0 Å². The third kappa shape index (κ3) is 4.08. The molecule has 2 heterocycles. The minimum absolute atomic E-state index is 0.0244. The van der Waals surface area contributed by atoms with E-state index >= 15 is 0 Å². The van der Waals surface area contributed by atoms with E-state index in [-0.39, 0.29) is 18.4 Å². The van der Waals surface area contributed by atoms with Gasteiger partial charge in [-0.2, -0.15) is 0 Å². The summed E-state index contributed by atoms with van der Waals surface area (Å²) in [5.41, 5.74) is 6.91. The summed E-state index contributed by atoms with van der Waals surface area (Å²) in [5, 5.41) is 0. The average Bonchev–Trinajstić information content (AvgIpc) is 2.84. The van der Waals surface area contributed by atoms with Gasteiger partial charge in [-0.05, 0) is 45.0 Å². The van der Waals surface area contributed by atoms with Gasteiger partial charge in [-0.3, -0.25) is 9.78 Å². The maximum Gasteiger partial charge on any atom is 0.229 e. The molecule has 0 fully saturated rings. The van der Waals surface area contributed by atoms with Crippen LogP contribution in [-0.4, -0.2) is 21.8 Å². The van der Waals surface area contributed by atoms with Gasteiger partial charge in [-0.25, -0.2) is 0 Å². The van der Waals surface area contributed by atoms with Crippen LogP contribution in [0.15, 0.2) is 34.9 Å². The summed E-state index contributed by atoms with van der Waals surface area (Å²) in [6.07, 6.45) is 1.83. The molecule has 2 N–H and O–H groups in total. The number of amides is 1. The molecule has 2 aromatic rings. The van der Waals surface area contributed by atoms with Crippen molar-refractivity contribution in [2.24, 2.45) is 0 Å². The van der Waals surface area contributed by atoms with E-state index in [0.717, 1.165) is 17.2 Å². The molecular formula is C16H21N3O2. The first kappa shape index (κ1) is 15.1. The first-order valence-corrected chi connectivity index (χ1v) is 7.01. The summed E-state index contributed by atoms with van der Waals surface area (Å²) >= 11 is 0. The second-order valence-corrected chi connectivity index (χ2v) is 5.39. The van der Waals surface area contributed by atoms with Gasteiger partial charge in [0.15, 0.2) is 0 Å². The Hall–Kier alpha value is -2.30. The summed E-state index contributed by atoms with van der Waals surface area (Å²) in [7, 11) is 0. The molecule has 0 atom stereocenters. The van der Waals surface area contributed by atoms with Crippen LogP contribution in [0.1, 0.15) is 31.1 Å². The first-order chi connectivity index (χ1) is 9.95. The van der Waals surface area contributed by atoms with Gasteiger partial charge in [0.05, 0.1) is 24.8 Å². The smallest absolute Gasteiger partial charge is 0.229 e. The van der Waals surface area contributed by atoms with Crippen LogP contribution >= 0.6 is 0 Å². The van der Waals surface area contributed by atoms with Crippen LogP contribution in [0.4, 0.5) is 5.69 Å². The quantitative estimate of drug-likeness (QED) is 0.917. The van der Waals surface area contributed by atoms with Crippen LogP contribution in [0.2, 0.25) is 0 Å². The molecule has 5 nitrogen and oxygen atoms in total. The Morgan fingerprint density at radius 2 is 2.10 bits per heavy atom. The highest BCUT2D eigenvalue weighted by molar-refractivity contribution is 5.78.